The van der Waals surface area contributed by atoms with Crippen LogP contribution in [0.5, 0.6) is 0 Å². The highest BCUT2D eigenvalue weighted by Crippen LogP contribution is 2.44. The molecule has 2 heterocycles. The Morgan fingerprint density at radius 1 is 1.00 bits per heavy atom. The molecule has 1 aliphatic rings. The van der Waals surface area contributed by atoms with E-state index < -0.39 is 0 Å². The molecule has 0 aliphatic carbocycles. The number of rotatable bonds is 1. The van der Waals surface area contributed by atoms with Crippen LogP contribution in [-0.4, -0.2) is 14.1 Å². The maximum absolute atomic E-state index is 5.67. The van der Waals surface area contributed by atoms with Gasteiger partial charge in [0.15, 0.2) is 10.8 Å². The summed E-state index contributed by atoms with van der Waals surface area (Å²) in [6.07, 6.45) is 0.124. The molecule has 3 rings (SSSR count). The predicted molar refractivity (Wildman–Crippen MR) is 72.4 cm³/mol. The Hall–Kier alpha value is -1.42. The molecule has 0 fully saturated rings. The highest BCUT2D eigenvalue weighted by atomic mass is 79.9. The number of nitrogens with zero attached hydrogens (tertiary/aromatic N) is 2. The summed E-state index contributed by atoms with van der Waals surface area (Å²) < 4.78 is 6.44. The predicted octanol–water partition coefficient (Wildman–Crippen LogP) is 3.63. The molecule has 2 aromatic rings. The maximum atomic E-state index is 5.67. The molecule has 0 spiro atoms. The second kappa shape index (κ2) is 3.81. The van der Waals surface area contributed by atoms with E-state index in [1.165, 1.54) is 11.4 Å². The van der Waals surface area contributed by atoms with Crippen molar-refractivity contribution in [3.63, 3.8) is 0 Å². The van der Waals surface area contributed by atoms with E-state index in [0.29, 0.717) is 0 Å². The van der Waals surface area contributed by atoms with Crippen molar-refractivity contribution in [2.24, 2.45) is 0 Å². The normalized spacial score (nSPS) is 15.5. The lowest BCUT2D eigenvalue weighted by atomic mass is 10.3. The topological polar surface area (TPSA) is 19.6 Å². The Morgan fingerprint density at radius 2 is 1.59 bits per heavy atom. The van der Waals surface area contributed by atoms with Gasteiger partial charge in [-0.25, -0.2) is 0 Å². The zero-order valence-corrected chi connectivity index (χ0v) is 11.3. The molecular weight excluding hydrogens is 280 g/mol. The number of halogens is 1. The molecule has 0 unspecified atom stereocenters. The van der Waals surface area contributed by atoms with Crippen molar-refractivity contribution in [1.82, 2.24) is 0 Å². The van der Waals surface area contributed by atoms with Crippen molar-refractivity contribution in [2.45, 2.75) is 6.17 Å². The molecule has 1 aromatic heterocycles. The second-order valence-electron chi connectivity index (χ2n) is 4.23. The zero-order chi connectivity index (χ0) is 12.0. The van der Waals surface area contributed by atoms with Gasteiger partial charge < -0.3 is 14.2 Å². The number of hydrogen-bond donors (Lipinski definition) is 0. The minimum absolute atomic E-state index is 0.124. The molecule has 1 aromatic carbocycles. The molecule has 3 nitrogen and oxygen atoms in total. The second-order valence-corrected chi connectivity index (χ2v) is 5.01. The van der Waals surface area contributed by atoms with Gasteiger partial charge in [-0.2, -0.15) is 0 Å². The zero-order valence-electron chi connectivity index (χ0n) is 9.72. The smallest absolute Gasteiger partial charge is 0.169 e. The van der Waals surface area contributed by atoms with Gasteiger partial charge in [-0.1, -0.05) is 12.1 Å². The third-order valence-corrected chi connectivity index (χ3v) is 3.65. The first-order chi connectivity index (χ1) is 8.18. The minimum atomic E-state index is 0.124. The van der Waals surface area contributed by atoms with Crippen LogP contribution in [0.3, 0.4) is 0 Å². The molecule has 4 heteroatoms. The molecule has 0 saturated heterocycles. The summed E-state index contributed by atoms with van der Waals surface area (Å²) in [4.78, 5) is 4.45. The standard InChI is InChI=1S/C13H13BrN2O/c1-15-9-5-3-4-6-10(9)16(2)13(15)11-7-8-12(14)17-11/h3-8,13H,1-2H3. The molecule has 0 saturated carbocycles. The fourth-order valence-corrected chi connectivity index (χ4v) is 2.75. The van der Waals surface area contributed by atoms with E-state index in [1.54, 1.807) is 0 Å². The van der Waals surface area contributed by atoms with Gasteiger partial charge in [-0.05, 0) is 40.2 Å². The lowest BCUT2D eigenvalue weighted by Crippen LogP contribution is -2.30. The van der Waals surface area contributed by atoms with Gasteiger partial charge in [-0.15, -0.1) is 0 Å². The van der Waals surface area contributed by atoms with Crippen molar-refractivity contribution in [1.29, 1.82) is 0 Å². The number of furan rings is 1. The lowest BCUT2D eigenvalue weighted by Gasteiger charge is -2.25. The van der Waals surface area contributed by atoms with Gasteiger partial charge in [0.1, 0.15) is 5.76 Å². The first kappa shape index (κ1) is 10.7. The SMILES string of the molecule is CN1c2ccccc2N(C)C1c1ccc(Br)o1. The summed E-state index contributed by atoms with van der Waals surface area (Å²) in [5, 5.41) is 0. The summed E-state index contributed by atoms with van der Waals surface area (Å²) >= 11 is 3.35. The quantitative estimate of drug-likeness (QED) is 0.800. The fourth-order valence-electron chi connectivity index (χ4n) is 2.43. The number of para-hydroxylation sites is 2. The van der Waals surface area contributed by atoms with Gasteiger partial charge in [-0.3, -0.25) is 0 Å². The minimum Gasteiger partial charge on any atom is -0.450 e. The first-order valence-corrected chi connectivity index (χ1v) is 6.27. The molecule has 88 valence electrons. The molecule has 0 N–H and O–H groups in total. The Bertz CT molecular complexity index is 523. The largest absolute Gasteiger partial charge is 0.450 e. The van der Waals surface area contributed by atoms with E-state index in [1.807, 2.05) is 12.1 Å². The highest BCUT2D eigenvalue weighted by Gasteiger charge is 2.33. The Kier molecular flexibility index (Phi) is 2.40. The van der Waals surface area contributed by atoms with E-state index in [4.69, 9.17) is 4.42 Å². The van der Waals surface area contributed by atoms with E-state index in [2.05, 4.69) is 64.1 Å². The van der Waals surface area contributed by atoms with Crippen LogP contribution >= 0.6 is 15.9 Å². The number of hydrogen-bond acceptors (Lipinski definition) is 3. The van der Waals surface area contributed by atoms with Gasteiger partial charge in [0.25, 0.3) is 0 Å². The van der Waals surface area contributed by atoms with Crippen LogP contribution in [0, 0.1) is 0 Å². The lowest BCUT2D eigenvalue weighted by molar-refractivity contribution is 0.446. The molecule has 0 atom stereocenters. The monoisotopic (exact) mass is 292 g/mol. The maximum Gasteiger partial charge on any atom is 0.169 e. The van der Waals surface area contributed by atoms with Crippen molar-refractivity contribution in [2.75, 3.05) is 23.9 Å². The third kappa shape index (κ3) is 1.55. The van der Waals surface area contributed by atoms with Crippen LogP contribution in [0.2, 0.25) is 0 Å². The average molecular weight is 293 g/mol. The van der Waals surface area contributed by atoms with Crippen LogP contribution in [0.1, 0.15) is 11.9 Å². The number of anilines is 2. The van der Waals surface area contributed by atoms with Crippen LogP contribution in [-0.2, 0) is 0 Å². The van der Waals surface area contributed by atoms with Crippen molar-refractivity contribution in [3.05, 3.63) is 46.8 Å². The van der Waals surface area contributed by atoms with Crippen LogP contribution in [0.25, 0.3) is 0 Å². The van der Waals surface area contributed by atoms with E-state index in [0.717, 1.165) is 10.4 Å². The molecule has 0 bridgehead atoms. The molecule has 0 amide bonds. The summed E-state index contributed by atoms with van der Waals surface area (Å²) in [5.41, 5.74) is 2.46. The molecule has 0 radical (unpaired) electrons. The Labute approximate surface area is 109 Å². The van der Waals surface area contributed by atoms with Crippen LogP contribution in [0.4, 0.5) is 11.4 Å². The highest BCUT2D eigenvalue weighted by molar-refractivity contribution is 9.10. The number of fused-ring (bicyclic) bond motifs is 1. The molecule has 17 heavy (non-hydrogen) atoms. The summed E-state index contributed by atoms with van der Waals surface area (Å²) in [7, 11) is 4.17. The van der Waals surface area contributed by atoms with Crippen LogP contribution < -0.4 is 9.80 Å². The molecular formula is C13H13BrN2O. The number of benzene rings is 1. The Morgan fingerprint density at radius 3 is 2.06 bits per heavy atom. The average Bonchev–Trinajstić information content (AvgIpc) is 2.84. The van der Waals surface area contributed by atoms with Gasteiger partial charge >= 0.3 is 0 Å². The van der Waals surface area contributed by atoms with Crippen molar-refractivity contribution < 1.29 is 4.42 Å². The summed E-state index contributed by atoms with van der Waals surface area (Å²) in [5.74, 6) is 0.943. The van der Waals surface area contributed by atoms with E-state index >= 15 is 0 Å². The van der Waals surface area contributed by atoms with Crippen LogP contribution in [0.15, 0.2) is 45.5 Å². The van der Waals surface area contributed by atoms with E-state index in [9.17, 15) is 0 Å². The molecule has 1 aliphatic heterocycles. The Balaban J connectivity index is 2.06. The van der Waals surface area contributed by atoms with Gasteiger partial charge in [0, 0.05) is 14.1 Å². The van der Waals surface area contributed by atoms with Crippen molar-refractivity contribution in [3.8, 4) is 0 Å². The summed E-state index contributed by atoms with van der Waals surface area (Å²) in [6, 6.07) is 12.3. The van der Waals surface area contributed by atoms with Crippen molar-refractivity contribution >= 4 is 27.3 Å². The van der Waals surface area contributed by atoms with E-state index in [-0.39, 0.29) is 6.17 Å². The van der Waals surface area contributed by atoms with Gasteiger partial charge in [0.2, 0.25) is 0 Å². The van der Waals surface area contributed by atoms with Gasteiger partial charge in [0.05, 0.1) is 11.4 Å². The third-order valence-electron chi connectivity index (χ3n) is 3.22. The first-order valence-electron chi connectivity index (χ1n) is 5.48. The summed E-state index contributed by atoms with van der Waals surface area (Å²) in [6.45, 7) is 0. The fraction of sp³-hybridized carbons (Fsp3) is 0.231.